The van der Waals surface area contributed by atoms with E-state index in [-0.39, 0.29) is 36.7 Å². The predicted octanol–water partition coefficient (Wildman–Crippen LogP) is 0.453. The van der Waals surface area contributed by atoms with Crippen LogP contribution in [0.3, 0.4) is 0 Å². The van der Waals surface area contributed by atoms with Crippen molar-refractivity contribution in [2.75, 3.05) is 30.8 Å². The molecule has 0 aliphatic heterocycles. The van der Waals surface area contributed by atoms with Crippen molar-refractivity contribution in [1.29, 1.82) is 5.41 Å². The van der Waals surface area contributed by atoms with Gasteiger partial charge in [0, 0.05) is 35.9 Å². The Labute approximate surface area is 208 Å². The quantitative estimate of drug-likeness (QED) is 0.0530. The molecule has 0 spiro atoms. The van der Waals surface area contributed by atoms with Crippen molar-refractivity contribution in [2.45, 2.75) is 58.2 Å². The summed E-state index contributed by atoms with van der Waals surface area (Å²) in [5, 5.41) is 26.1. The van der Waals surface area contributed by atoms with Crippen molar-refractivity contribution >= 4 is 46.3 Å². The Balaban J connectivity index is 3.09. The second kappa shape index (κ2) is 15.3. The average molecular weight is 583 g/mol. The Morgan fingerprint density at radius 3 is 2.42 bits per heavy atom. The molecule has 0 aromatic heterocycles. The zero-order valence-corrected chi connectivity index (χ0v) is 21.7. The maximum atomic E-state index is 12.3. The van der Waals surface area contributed by atoms with Gasteiger partial charge in [0.15, 0.2) is 5.96 Å². The summed E-state index contributed by atoms with van der Waals surface area (Å²) in [6.07, 6.45) is 0.823. The molecular formula is C21H38IN5O6. The van der Waals surface area contributed by atoms with E-state index in [4.69, 9.17) is 20.6 Å². The third-order valence-electron chi connectivity index (χ3n) is 5.94. The lowest BCUT2D eigenvalue weighted by atomic mass is 9.80. The summed E-state index contributed by atoms with van der Waals surface area (Å²) in [6.45, 7) is 6.40. The van der Waals surface area contributed by atoms with Crippen LogP contribution in [0.4, 0.5) is 0 Å². The summed E-state index contributed by atoms with van der Waals surface area (Å²) in [5.41, 5.74) is 5.58. The van der Waals surface area contributed by atoms with Gasteiger partial charge in [-0.15, -0.1) is 0 Å². The molecule has 0 bridgehead atoms. The molecule has 1 aliphatic rings. The number of carbonyl (C=O) groups is 3. The van der Waals surface area contributed by atoms with E-state index >= 15 is 0 Å². The van der Waals surface area contributed by atoms with Gasteiger partial charge in [-0.3, -0.25) is 19.8 Å². The largest absolute Gasteiger partial charge is 0.481 e. The minimum Gasteiger partial charge on any atom is -0.481 e. The number of carbonyl (C=O) groups excluding carboxylic acids is 2. The first-order chi connectivity index (χ1) is 15.7. The Kier molecular flexibility index (Phi) is 13.6. The van der Waals surface area contributed by atoms with Gasteiger partial charge in [-0.1, -0.05) is 49.3 Å². The first kappa shape index (κ1) is 29.4. The monoisotopic (exact) mass is 583 g/mol. The highest BCUT2D eigenvalue weighted by Crippen LogP contribution is 2.39. The van der Waals surface area contributed by atoms with E-state index in [0.29, 0.717) is 19.8 Å². The van der Waals surface area contributed by atoms with Crippen molar-refractivity contribution in [3.05, 3.63) is 0 Å². The van der Waals surface area contributed by atoms with Crippen LogP contribution in [0.5, 0.6) is 0 Å². The number of hydrogen-bond donors (Lipinski definition) is 6. The molecule has 1 saturated carbocycles. The van der Waals surface area contributed by atoms with Crippen molar-refractivity contribution < 1.29 is 29.0 Å². The van der Waals surface area contributed by atoms with Gasteiger partial charge in [-0.2, -0.15) is 0 Å². The summed E-state index contributed by atoms with van der Waals surface area (Å²) >= 11 is 2.19. The molecule has 7 N–H and O–H groups in total. The molecule has 1 rings (SSSR count). The maximum Gasteiger partial charge on any atom is 0.309 e. The molecule has 1 fully saturated rings. The van der Waals surface area contributed by atoms with Gasteiger partial charge in [0.05, 0.1) is 25.2 Å². The number of ether oxygens (including phenoxy) is 2. The fraction of sp³-hybridized carbons (Fsp3) is 0.810. The van der Waals surface area contributed by atoms with Gasteiger partial charge in [0.2, 0.25) is 11.8 Å². The highest BCUT2D eigenvalue weighted by Gasteiger charge is 2.52. The SMILES string of the molecule is CCC(CC)[C@@H](NC(C)=O)[C@@H]1[C@H](OCC(=O)NCCOCCI)C(C(=O)O)C[C@H]1NC(=N)N. The van der Waals surface area contributed by atoms with Gasteiger partial charge in [-0.25, -0.2) is 0 Å². The molecule has 0 heterocycles. The topological polar surface area (TPSA) is 176 Å². The lowest BCUT2D eigenvalue weighted by molar-refractivity contribution is -0.150. The standard InChI is InChI=1S/C21H38IN5O6/c1-4-13(5-2)18(26-12(3)28)17-15(27-21(23)24)10-14(20(30)31)19(17)33-11-16(29)25-7-9-32-8-6-22/h13-15,17-19H,4-11H2,1-3H3,(H,25,29)(H,26,28)(H,30,31)(H4,23,24,27)/t14?,15-,17-,18-,19-/m1/s1. The zero-order valence-electron chi connectivity index (χ0n) is 19.6. The van der Waals surface area contributed by atoms with Crippen LogP contribution < -0.4 is 21.7 Å². The highest BCUT2D eigenvalue weighted by molar-refractivity contribution is 14.1. The number of nitrogens with two attached hydrogens (primary N) is 1. The lowest BCUT2D eigenvalue weighted by Gasteiger charge is -2.38. The number of halogens is 1. The number of alkyl halides is 1. The van der Waals surface area contributed by atoms with Crippen molar-refractivity contribution in [2.24, 2.45) is 23.5 Å². The molecule has 2 amide bonds. The zero-order chi connectivity index (χ0) is 25.0. The number of rotatable bonds is 15. The van der Waals surface area contributed by atoms with E-state index in [0.717, 1.165) is 17.3 Å². The molecule has 0 saturated heterocycles. The third-order valence-corrected chi connectivity index (χ3v) is 6.39. The number of guanidine groups is 1. The first-order valence-electron chi connectivity index (χ1n) is 11.3. The molecule has 0 aromatic rings. The molecule has 11 nitrogen and oxygen atoms in total. The van der Waals surface area contributed by atoms with Gasteiger partial charge >= 0.3 is 5.97 Å². The molecule has 0 radical (unpaired) electrons. The molecule has 12 heteroatoms. The van der Waals surface area contributed by atoms with Crippen molar-refractivity contribution in [1.82, 2.24) is 16.0 Å². The second-order valence-electron chi connectivity index (χ2n) is 8.15. The van der Waals surface area contributed by atoms with Gasteiger partial charge in [0.25, 0.3) is 0 Å². The summed E-state index contributed by atoms with van der Waals surface area (Å²) in [5.74, 6) is -3.33. The molecular weight excluding hydrogens is 545 g/mol. The normalized spacial score (nSPS) is 23.2. The van der Waals surface area contributed by atoms with E-state index in [1.54, 1.807) is 0 Å². The van der Waals surface area contributed by atoms with Crippen LogP contribution >= 0.6 is 22.6 Å². The number of carboxylic acid groups (broad SMARTS) is 1. The second-order valence-corrected chi connectivity index (χ2v) is 9.23. The van der Waals surface area contributed by atoms with Crippen LogP contribution in [0.1, 0.15) is 40.0 Å². The van der Waals surface area contributed by atoms with E-state index in [9.17, 15) is 19.5 Å². The van der Waals surface area contributed by atoms with Gasteiger partial charge in [-0.05, 0) is 12.3 Å². The van der Waals surface area contributed by atoms with E-state index < -0.39 is 36.0 Å². The molecule has 1 unspecified atom stereocenters. The Morgan fingerprint density at radius 1 is 1.24 bits per heavy atom. The number of aliphatic carboxylic acids is 1. The lowest BCUT2D eigenvalue weighted by Crippen LogP contribution is -2.55. The Hall–Kier alpha value is -1.67. The van der Waals surface area contributed by atoms with Crippen molar-refractivity contribution in [3.63, 3.8) is 0 Å². The fourth-order valence-corrected chi connectivity index (χ4v) is 4.85. The van der Waals surface area contributed by atoms with Gasteiger partial charge < -0.3 is 36.3 Å². The van der Waals surface area contributed by atoms with E-state index in [1.165, 1.54) is 6.92 Å². The van der Waals surface area contributed by atoms with Crippen LogP contribution in [0.25, 0.3) is 0 Å². The van der Waals surface area contributed by atoms with E-state index in [2.05, 4.69) is 38.5 Å². The van der Waals surface area contributed by atoms with Crippen LogP contribution in [-0.2, 0) is 23.9 Å². The molecule has 0 aromatic carbocycles. The maximum absolute atomic E-state index is 12.3. The number of amides is 2. The average Bonchev–Trinajstić information content (AvgIpc) is 3.09. The third kappa shape index (κ3) is 9.61. The molecule has 190 valence electrons. The Morgan fingerprint density at radius 2 is 1.91 bits per heavy atom. The number of carboxylic acids is 1. The molecule has 5 atom stereocenters. The van der Waals surface area contributed by atoms with Crippen LogP contribution in [0, 0.1) is 23.2 Å². The van der Waals surface area contributed by atoms with E-state index in [1.807, 2.05) is 13.8 Å². The molecule has 1 aliphatic carbocycles. The van der Waals surface area contributed by atoms with Crippen molar-refractivity contribution in [3.8, 4) is 0 Å². The number of nitrogens with one attached hydrogen (secondary N) is 4. The van der Waals surface area contributed by atoms with Crippen LogP contribution in [0.2, 0.25) is 0 Å². The fourth-order valence-electron chi connectivity index (χ4n) is 4.54. The number of hydrogen-bond acceptors (Lipinski definition) is 6. The van der Waals surface area contributed by atoms with Crippen LogP contribution in [0.15, 0.2) is 0 Å². The first-order valence-corrected chi connectivity index (χ1v) is 12.8. The van der Waals surface area contributed by atoms with Gasteiger partial charge in [0.1, 0.15) is 6.61 Å². The summed E-state index contributed by atoms with van der Waals surface area (Å²) in [4.78, 5) is 36.4. The van der Waals surface area contributed by atoms with Crippen LogP contribution in [-0.4, -0.2) is 77.8 Å². The summed E-state index contributed by atoms with van der Waals surface area (Å²) < 4.78 is 12.1. The minimum absolute atomic E-state index is 0.0534. The highest BCUT2D eigenvalue weighted by atomic mass is 127. The smallest absolute Gasteiger partial charge is 0.309 e. The minimum atomic E-state index is -1.06. The Bertz CT molecular complexity index is 663. The summed E-state index contributed by atoms with van der Waals surface area (Å²) in [6, 6.07) is -0.913. The predicted molar refractivity (Wildman–Crippen MR) is 132 cm³/mol. The molecule has 33 heavy (non-hydrogen) atoms. The summed E-state index contributed by atoms with van der Waals surface area (Å²) in [7, 11) is 0.